The molecule has 0 saturated heterocycles. The summed E-state index contributed by atoms with van der Waals surface area (Å²) in [4.78, 5) is 16.5. The van der Waals surface area contributed by atoms with Crippen LogP contribution in [0.4, 0.5) is 0 Å². The second-order valence-corrected chi connectivity index (χ2v) is 6.34. The number of aromatic nitrogens is 1. The molecule has 0 atom stereocenters. The fourth-order valence-electron chi connectivity index (χ4n) is 2.09. The molecule has 3 N–H and O–H groups in total. The zero-order valence-electron chi connectivity index (χ0n) is 13.3. The molecule has 0 aromatic carbocycles. The molecule has 5 nitrogen and oxygen atoms in total. The second-order valence-electron chi connectivity index (χ2n) is 5.56. The minimum atomic E-state index is -0.337. The van der Waals surface area contributed by atoms with Crippen LogP contribution < -0.4 is 11.1 Å². The molecule has 0 radical (unpaired) electrons. The number of oxazole rings is 1. The molecule has 0 spiro atoms. The van der Waals surface area contributed by atoms with Crippen molar-refractivity contribution in [1.29, 1.82) is 0 Å². The molecule has 22 heavy (non-hydrogen) atoms. The highest BCUT2D eigenvalue weighted by atomic mass is 32.1. The Morgan fingerprint density at radius 2 is 2.18 bits per heavy atom. The van der Waals surface area contributed by atoms with Crippen molar-refractivity contribution in [3.63, 3.8) is 0 Å². The monoisotopic (exact) mass is 321 g/mol. The fourth-order valence-corrected chi connectivity index (χ4v) is 2.72. The summed E-state index contributed by atoms with van der Waals surface area (Å²) in [6.45, 7) is 6.37. The van der Waals surface area contributed by atoms with E-state index in [1.165, 1.54) is 0 Å². The molecule has 2 rings (SSSR count). The Labute approximate surface area is 134 Å². The lowest BCUT2D eigenvalue weighted by molar-refractivity contribution is -0.120. The van der Waals surface area contributed by atoms with E-state index in [-0.39, 0.29) is 17.9 Å². The summed E-state index contributed by atoms with van der Waals surface area (Å²) in [5.74, 6) is 1.17. The lowest BCUT2D eigenvalue weighted by atomic mass is 9.94. The van der Waals surface area contributed by atoms with Gasteiger partial charge in [0.2, 0.25) is 11.8 Å². The highest BCUT2D eigenvalue weighted by Crippen LogP contribution is 2.24. The van der Waals surface area contributed by atoms with E-state index in [1.807, 2.05) is 37.6 Å². The van der Waals surface area contributed by atoms with Gasteiger partial charge in [-0.1, -0.05) is 13.8 Å². The van der Waals surface area contributed by atoms with Gasteiger partial charge in [-0.25, -0.2) is 4.98 Å². The summed E-state index contributed by atoms with van der Waals surface area (Å²) in [7, 11) is 0. The number of carbonyl (C=O) groups excluding carboxylic acids is 1. The van der Waals surface area contributed by atoms with Gasteiger partial charge in [0.15, 0.2) is 0 Å². The van der Waals surface area contributed by atoms with Crippen molar-refractivity contribution < 1.29 is 9.21 Å². The summed E-state index contributed by atoms with van der Waals surface area (Å²) in [6, 6.07) is 1.95. The highest BCUT2D eigenvalue weighted by Gasteiger charge is 2.22. The van der Waals surface area contributed by atoms with Crippen molar-refractivity contribution in [2.45, 2.75) is 45.6 Å². The maximum atomic E-state index is 12.1. The van der Waals surface area contributed by atoms with Crippen molar-refractivity contribution in [3.8, 4) is 11.5 Å². The summed E-state index contributed by atoms with van der Waals surface area (Å²) in [6.07, 6.45) is 1.87. The highest BCUT2D eigenvalue weighted by molar-refractivity contribution is 7.08. The molecule has 0 aliphatic heterocycles. The molecule has 0 saturated carbocycles. The van der Waals surface area contributed by atoms with E-state index in [4.69, 9.17) is 10.2 Å². The molecule has 2 aromatic rings. The standard InChI is InChI=1S/C16H23N3O2S/c1-4-16(17,5-2)10-18-14(20)8-13-11(3)21-15(19-13)12-6-7-22-9-12/h6-7,9H,4-5,8,10,17H2,1-3H3,(H,18,20). The third kappa shape index (κ3) is 3.96. The van der Waals surface area contributed by atoms with Crippen LogP contribution in [0.15, 0.2) is 21.2 Å². The molecule has 0 fully saturated rings. The minimum Gasteiger partial charge on any atom is -0.441 e. The van der Waals surface area contributed by atoms with Gasteiger partial charge in [0.05, 0.1) is 12.1 Å². The SMILES string of the molecule is CCC(N)(CC)CNC(=O)Cc1nc(-c2ccsc2)oc1C. The van der Waals surface area contributed by atoms with Crippen LogP contribution in [-0.2, 0) is 11.2 Å². The quantitative estimate of drug-likeness (QED) is 0.821. The van der Waals surface area contributed by atoms with Gasteiger partial charge >= 0.3 is 0 Å². The normalized spacial score (nSPS) is 11.6. The van der Waals surface area contributed by atoms with Gasteiger partial charge in [-0.2, -0.15) is 11.3 Å². The molecular weight excluding hydrogens is 298 g/mol. The number of rotatable bonds is 7. The Morgan fingerprint density at radius 1 is 1.45 bits per heavy atom. The predicted molar refractivity (Wildman–Crippen MR) is 88.8 cm³/mol. The third-order valence-corrected chi connectivity index (χ3v) is 4.72. The molecule has 2 heterocycles. The molecule has 120 valence electrons. The molecule has 1 amide bonds. The van der Waals surface area contributed by atoms with E-state index in [9.17, 15) is 4.79 Å². The van der Waals surface area contributed by atoms with Crippen molar-refractivity contribution in [2.75, 3.05) is 6.54 Å². The van der Waals surface area contributed by atoms with Gasteiger partial charge in [0.1, 0.15) is 5.76 Å². The zero-order valence-corrected chi connectivity index (χ0v) is 14.1. The molecule has 0 unspecified atom stereocenters. The molecule has 6 heteroatoms. The van der Waals surface area contributed by atoms with E-state index in [0.29, 0.717) is 23.9 Å². The van der Waals surface area contributed by atoms with Gasteiger partial charge in [0.25, 0.3) is 0 Å². The zero-order chi connectivity index (χ0) is 16.2. The Kier molecular flexibility index (Phi) is 5.37. The first-order chi connectivity index (χ1) is 10.5. The van der Waals surface area contributed by atoms with Gasteiger partial charge < -0.3 is 15.5 Å². The van der Waals surface area contributed by atoms with Gasteiger partial charge in [0, 0.05) is 23.0 Å². The smallest absolute Gasteiger partial charge is 0.227 e. The van der Waals surface area contributed by atoms with Crippen molar-refractivity contribution >= 4 is 17.2 Å². The van der Waals surface area contributed by atoms with Crippen LogP contribution in [0.5, 0.6) is 0 Å². The molecular formula is C16H23N3O2S. The van der Waals surface area contributed by atoms with E-state index in [0.717, 1.165) is 18.4 Å². The van der Waals surface area contributed by atoms with E-state index >= 15 is 0 Å². The van der Waals surface area contributed by atoms with Crippen molar-refractivity contribution in [2.24, 2.45) is 5.73 Å². The minimum absolute atomic E-state index is 0.0787. The van der Waals surface area contributed by atoms with Crippen LogP contribution in [0.1, 0.15) is 38.1 Å². The number of carbonyl (C=O) groups is 1. The first-order valence-corrected chi connectivity index (χ1v) is 8.46. The van der Waals surface area contributed by atoms with Crippen molar-refractivity contribution in [3.05, 3.63) is 28.3 Å². The van der Waals surface area contributed by atoms with Gasteiger partial charge in [-0.05, 0) is 31.2 Å². The van der Waals surface area contributed by atoms with Gasteiger partial charge in [-0.15, -0.1) is 0 Å². The number of thiophene rings is 1. The first kappa shape index (κ1) is 16.7. The molecule has 0 aliphatic rings. The predicted octanol–water partition coefficient (Wildman–Crippen LogP) is 2.89. The van der Waals surface area contributed by atoms with Crippen LogP contribution in [0.2, 0.25) is 0 Å². The van der Waals surface area contributed by atoms with E-state index in [2.05, 4.69) is 10.3 Å². The number of nitrogens with two attached hydrogens (primary N) is 1. The maximum Gasteiger partial charge on any atom is 0.227 e. The second kappa shape index (κ2) is 7.07. The van der Waals surface area contributed by atoms with Crippen LogP contribution in [0, 0.1) is 6.92 Å². The topological polar surface area (TPSA) is 81.1 Å². The van der Waals surface area contributed by atoms with Gasteiger partial charge in [-0.3, -0.25) is 4.79 Å². The number of hydrogen-bond donors (Lipinski definition) is 2. The largest absolute Gasteiger partial charge is 0.441 e. The van der Waals surface area contributed by atoms with E-state index in [1.54, 1.807) is 11.3 Å². The number of hydrogen-bond acceptors (Lipinski definition) is 5. The average Bonchev–Trinajstić information content (AvgIpc) is 3.15. The average molecular weight is 321 g/mol. The van der Waals surface area contributed by atoms with Crippen LogP contribution in [-0.4, -0.2) is 23.0 Å². The molecule has 2 aromatic heterocycles. The molecule has 0 bridgehead atoms. The van der Waals surface area contributed by atoms with Crippen LogP contribution in [0.3, 0.4) is 0 Å². The summed E-state index contributed by atoms with van der Waals surface area (Å²) in [5.41, 5.74) is 7.47. The number of aryl methyl sites for hydroxylation is 1. The summed E-state index contributed by atoms with van der Waals surface area (Å²) in [5, 5.41) is 6.84. The maximum absolute atomic E-state index is 12.1. The van der Waals surface area contributed by atoms with E-state index < -0.39 is 0 Å². The van der Waals surface area contributed by atoms with Crippen LogP contribution in [0.25, 0.3) is 11.5 Å². The number of amides is 1. The lowest BCUT2D eigenvalue weighted by Gasteiger charge is -2.26. The summed E-state index contributed by atoms with van der Waals surface area (Å²) >= 11 is 1.59. The van der Waals surface area contributed by atoms with Crippen molar-refractivity contribution in [1.82, 2.24) is 10.3 Å². The Morgan fingerprint density at radius 3 is 2.77 bits per heavy atom. The Bertz CT molecular complexity index is 615. The van der Waals surface area contributed by atoms with Crippen LogP contribution >= 0.6 is 11.3 Å². The number of nitrogens with zero attached hydrogens (tertiary/aromatic N) is 1. The first-order valence-electron chi connectivity index (χ1n) is 7.52. The summed E-state index contributed by atoms with van der Waals surface area (Å²) < 4.78 is 5.64. The Hall–Kier alpha value is -1.66. The molecule has 0 aliphatic carbocycles. The number of nitrogens with one attached hydrogen (secondary N) is 1. The lowest BCUT2D eigenvalue weighted by Crippen LogP contribution is -2.49. The third-order valence-electron chi connectivity index (χ3n) is 4.03. The Balaban J connectivity index is 1.97. The fraction of sp³-hybridized carbons (Fsp3) is 0.500.